The third-order valence-electron chi connectivity index (χ3n) is 6.64. The lowest BCUT2D eigenvalue weighted by Crippen LogP contribution is -2.11. The molecular formula is C36H24O4. The molecule has 0 radical (unpaired) electrons. The van der Waals surface area contributed by atoms with Crippen LogP contribution in [0.2, 0.25) is 0 Å². The van der Waals surface area contributed by atoms with Gasteiger partial charge >= 0.3 is 11.9 Å². The van der Waals surface area contributed by atoms with E-state index in [-0.39, 0.29) is 11.5 Å². The highest BCUT2D eigenvalue weighted by Gasteiger charge is 2.23. The number of fused-ring (bicyclic) bond motifs is 2. The SMILES string of the molecule is O=C(O/C(=C(/OC(=O)c1ccccc1)c1ccc2ccccc2c1)c1ccc2ccccc2c1)c1ccccc1. The summed E-state index contributed by atoms with van der Waals surface area (Å²) >= 11 is 0. The highest BCUT2D eigenvalue weighted by atomic mass is 16.6. The van der Waals surface area contributed by atoms with Gasteiger partial charge in [0.1, 0.15) is 0 Å². The van der Waals surface area contributed by atoms with Gasteiger partial charge in [0.05, 0.1) is 11.1 Å². The first-order valence-corrected chi connectivity index (χ1v) is 12.9. The molecule has 6 aromatic carbocycles. The summed E-state index contributed by atoms with van der Waals surface area (Å²) in [5.74, 6) is -0.811. The second kappa shape index (κ2) is 11.1. The van der Waals surface area contributed by atoms with Gasteiger partial charge in [-0.2, -0.15) is 0 Å². The largest absolute Gasteiger partial charge is 0.418 e. The van der Waals surface area contributed by atoms with Crippen LogP contribution in [-0.2, 0) is 9.47 Å². The maximum absolute atomic E-state index is 13.4. The maximum atomic E-state index is 13.4. The van der Waals surface area contributed by atoms with Crippen LogP contribution < -0.4 is 0 Å². The smallest absolute Gasteiger partial charge is 0.343 e. The molecule has 0 atom stereocenters. The van der Waals surface area contributed by atoms with Crippen LogP contribution in [0.1, 0.15) is 31.8 Å². The molecule has 0 unspecified atom stereocenters. The molecule has 0 aliphatic rings. The van der Waals surface area contributed by atoms with Crippen LogP contribution in [0.15, 0.2) is 146 Å². The van der Waals surface area contributed by atoms with Crippen molar-refractivity contribution in [2.45, 2.75) is 0 Å². The molecule has 4 heteroatoms. The first kappa shape index (κ1) is 24.8. The third kappa shape index (κ3) is 5.24. The van der Waals surface area contributed by atoms with Crippen molar-refractivity contribution >= 4 is 45.0 Å². The van der Waals surface area contributed by atoms with Crippen molar-refractivity contribution in [1.29, 1.82) is 0 Å². The quantitative estimate of drug-likeness (QED) is 0.125. The van der Waals surface area contributed by atoms with Gasteiger partial charge in [-0.25, -0.2) is 9.59 Å². The molecule has 0 fully saturated rings. The number of ether oxygens (including phenoxy) is 2. The van der Waals surface area contributed by atoms with Gasteiger partial charge in [-0.05, 0) is 57.9 Å². The summed E-state index contributed by atoms with van der Waals surface area (Å²) in [4.78, 5) is 26.8. The zero-order valence-electron chi connectivity index (χ0n) is 21.5. The molecule has 0 aromatic heterocycles. The number of esters is 2. The molecule has 0 heterocycles. The summed E-state index contributed by atoms with van der Waals surface area (Å²) in [6.07, 6.45) is 0. The molecule has 0 spiro atoms. The summed E-state index contributed by atoms with van der Waals surface area (Å²) < 4.78 is 12.2. The van der Waals surface area contributed by atoms with Gasteiger partial charge in [0.25, 0.3) is 0 Å². The lowest BCUT2D eigenvalue weighted by atomic mass is 10.0. The molecular weight excluding hydrogens is 496 g/mol. The van der Waals surface area contributed by atoms with Crippen molar-refractivity contribution in [1.82, 2.24) is 0 Å². The molecule has 0 bridgehead atoms. The van der Waals surface area contributed by atoms with E-state index in [0.29, 0.717) is 22.3 Å². The standard InChI is InChI=1S/C36H24O4/c37-35(27-13-3-1-4-14-27)39-33(31-21-19-25-11-7-9-17-29(25)23-31)34(40-36(38)28-15-5-2-6-16-28)32-22-20-26-12-8-10-18-30(26)24-32/h1-24H/b34-33+. The van der Waals surface area contributed by atoms with Crippen LogP contribution in [0.25, 0.3) is 33.1 Å². The van der Waals surface area contributed by atoms with Crippen LogP contribution in [0.3, 0.4) is 0 Å². The highest BCUT2D eigenvalue weighted by Crippen LogP contribution is 2.33. The van der Waals surface area contributed by atoms with E-state index >= 15 is 0 Å². The van der Waals surface area contributed by atoms with Gasteiger partial charge in [-0.3, -0.25) is 0 Å². The molecule has 4 nitrogen and oxygen atoms in total. The van der Waals surface area contributed by atoms with E-state index in [1.807, 2.05) is 97.1 Å². The van der Waals surface area contributed by atoms with E-state index < -0.39 is 11.9 Å². The average Bonchev–Trinajstić information content (AvgIpc) is 3.03. The van der Waals surface area contributed by atoms with E-state index in [1.165, 1.54) is 0 Å². The first-order chi connectivity index (χ1) is 19.7. The van der Waals surface area contributed by atoms with E-state index in [0.717, 1.165) is 21.5 Å². The Morgan fingerprint density at radius 1 is 0.350 bits per heavy atom. The predicted octanol–water partition coefficient (Wildman–Crippen LogP) is 8.53. The van der Waals surface area contributed by atoms with Gasteiger partial charge in [0.15, 0.2) is 11.5 Å². The van der Waals surface area contributed by atoms with Gasteiger partial charge in [-0.1, -0.05) is 109 Å². The molecule has 0 saturated carbocycles. The monoisotopic (exact) mass is 520 g/mol. The summed E-state index contributed by atoms with van der Waals surface area (Å²) in [5, 5.41) is 3.99. The number of rotatable bonds is 6. The maximum Gasteiger partial charge on any atom is 0.343 e. The van der Waals surface area contributed by atoms with E-state index in [4.69, 9.17) is 9.47 Å². The fraction of sp³-hybridized carbons (Fsp3) is 0. The Kier molecular flexibility index (Phi) is 6.89. The number of hydrogen-bond acceptors (Lipinski definition) is 4. The minimum Gasteiger partial charge on any atom is -0.418 e. The van der Waals surface area contributed by atoms with Gasteiger partial charge < -0.3 is 9.47 Å². The van der Waals surface area contributed by atoms with Crippen molar-refractivity contribution in [3.63, 3.8) is 0 Å². The Morgan fingerprint density at radius 2 is 0.700 bits per heavy atom. The minimum atomic E-state index is -0.558. The average molecular weight is 521 g/mol. The zero-order valence-corrected chi connectivity index (χ0v) is 21.5. The Balaban J connectivity index is 1.57. The van der Waals surface area contributed by atoms with Crippen molar-refractivity contribution in [3.8, 4) is 0 Å². The number of hydrogen-bond donors (Lipinski definition) is 0. The summed E-state index contributed by atoms with van der Waals surface area (Å²) in [6.45, 7) is 0. The van der Waals surface area contributed by atoms with Crippen molar-refractivity contribution in [2.24, 2.45) is 0 Å². The molecule has 192 valence electrons. The van der Waals surface area contributed by atoms with Crippen LogP contribution in [0, 0.1) is 0 Å². The van der Waals surface area contributed by atoms with E-state index in [1.54, 1.807) is 48.5 Å². The molecule has 40 heavy (non-hydrogen) atoms. The van der Waals surface area contributed by atoms with Gasteiger partial charge in [0, 0.05) is 11.1 Å². The molecule has 0 saturated heterocycles. The summed E-state index contributed by atoms with van der Waals surface area (Å²) in [7, 11) is 0. The van der Waals surface area contributed by atoms with Crippen LogP contribution in [-0.4, -0.2) is 11.9 Å². The first-order valence-electron chi connectivity index (χ1n) is 12.9. The molecule has 6 rings (SSSR count). The topological polar surface area (TPSA) is 52.6 Å². The van der Waals surface area contributed by atoms with Crippen LogP contribution >= 0.6 is 0 Å². The lowest BCUT2D eigenvalue weighted by Gasteiger charge is -2.17. The minimum absolute atomic E-state index is 0.152. The van der Waals surface area contributed by atoms with Crippen LogP contribution in [0.5, 0.6) is 0 Å². The highest BCUT2D eigenvalue weighted by molar-refractivity contribution is 6.02. The predicted molar refractivity (Wildman–Crippen MR) is 158 cm³/mol. The van der Waals surface area contributed by atoms with Crippen LogP contribution in [0.4, 0.5) is 0 Å². The molecule has 0 amide bonds. The van der Waals surface area contributed by atoms with Crippen molar-refractivity contribution in [3.05, 3.63) is 168 Å². The summed E-state index contributed by atoms with van der Waals surface area (Å²) in [5.41, 5.74) is 1.97. The van der Waals surface area contributed by atoms with Gasteiger partial charge in [-0.15, -0.1) is 0 Å². The Labute approximate surface area is 231 Å². The molecule has 6 aromatic rings. The van der Waals surface area contributed by atoms with E-state index in [9.17, 15) is 9.59 Å². The second-order valence-corrected chi connectivity index (χ2v) is 9.29. The molecule has 0 aliphatic heterocycles. The Hall–Kier alpha value is -5.48. The lowest BCUT2D eigenvalue weighted by molar-refractivity contribution is 0.0647. The number of benzene rings is 6. The number of carbonyl (C=O) groups excluding carboxylic acids is 2. The normalized spacial score (nSPS) is 11.6. The fourth-order valence-electron chi connectivity index (χ4n) is 4.59. The van der Waals surface area contributed by atoms with E-state index in [2.05, 4.69) is 0 Å². The fourth-order valence-corrected chi connectivity index (χ4v) is 4.59. The molecule has 0 aliphatic carbocycles. The third-order valence-corrected chi connectivity index (χ3v) is 6.64. The number of carbonyl (C=O) groups is 2. The molecule has 0 N–H and O–H groups in total. The zero-order chi connectivity index (χ0) is 27.3. The van der Waals surface area contributed by atoms with Gasteiger partial charge in [0.2, 0.25) is 0 Å². The summed E-state index contributed by atoms with van der Waals surface area (Å²) in [6, 6.07) is 44.9. The Morgan fingerprint density at radius 3 is 1.10 bits per heavy atom. The van der Waals surface area contributed by atoms with Crippen molar-refractivity contribution < 1.29 is 19.1 Å². The van der Waals surface area contributed by atoms with Crippen molar-refractivity contribution in [2.75, 3.05) is 0 Å². The Bertz CT molecular complexity index is 1730. The second-order valence-electron chi connectivity index (χ2n) is 9.29.